The number of hydrogen-bond donors (Lipinski definition) is 1. The number of carbonyl (C=O) groups is 1. The third-order valence-electron chi connectivity index (χ3n) is 2.94. The molecule has 1 amide bonds. The molecule has 0 atom stereocenters. The van der Waals surface area contributed by atoms with Crippen molar-refractivity contribution in [2.24, 2.45) is 5.16 Å². The van der Waals surface area contributed by atoms with Crippen molar-refractivity contribution in [2.75, 3.05) is 5.32 Å². The summed E-state index contributed by atoms with van der Waals surface area (Å²) in [6, 6.07) is 14.9. The van der Waals surface area contributed by atoms with Crippen molar-refractivity contribution in [3.63, 3.8) is 0 Å². The molecule has 0 bridgehead atoms. The van der Waals surface area contributed by atoms with Gasteiger partial charge in [0, 0.05) is 17.6 Å². The molecule has 114 valence electrons. The number of benzene rings is 2. The van der Waals surface area contributed by atoms with Crippen LogP contribution in [-0.4, -0.2) is 11.6 Å². The fourth-order valence-corrected chi connectivity index (χ4v) is 2.09. The van der Waals surface area contributed by atoms with Gasteiger partial charge in [0.15, 0.2) is 0 Å². The Bertz CT molecular complexity index is 681. The van der Waals surface area contributed by atoms with E-state index in [1.165, 1.54) is 6.92 Å². The second kappa shape index (κ2) is 7.61. The Morgan fingerprint density at radius 2 is 1.91 bits per heavy atom. The van der Waals surface area contributed by atoms with Crippen molar-refractivity contribution in [1.82, 2.24) is 0 Å². The molecule has 0 saturated heterocycles. The van der Waals surface area contributed by atoms with Crippen LogP contribution in [0.1, 0.15) is 25.0 Å². The lowest BCUT2D eigenvalue weighted by Crippen LogP contribution is -2.06. The SMILES string of the molecule is CC(=O)Nc1ccc(/C(C)=N/OCc2cccc(Cl)c2)cc1. The van der Waals surface area contributed by atoms with Crippen LogP contribution in [0, 0.1) is 0 Å². The number of oxime groups is 1. The van der Waals surface area contributed by atoms with Gasteiger partial charge < -0.3 is 10.2 Å². The van der Waals surface area contributed by atoms with Gasteiger partial charge in [-0.2, -0.15) is 0 Å². The first-order valence-electron chi connectivity index (χ1n) is 6.83. The van der Waals surface area contributed by atoms with Crippen molar-refractivity contribution in [1.29, 1.82) is 0 Å². The minimum absolute atomic E-state index is 0.0944. The quantitative estimate of drug-likeness (QED) is 0.662. The van der Waals surface area contributed by atoms with E-state index < -0.39 is 0 Å². The van der Waals surface area contributed by atoms with Crippen LogP contribution in [0.15, 0.2) is 53.7 Å². The van der Waals surface area contributed by atoms with Crippen molar-refractivity contribution in [2.45, 2.75) is 20.5 Å². The van der Waals surface area contributed by atoms with Crippen molar-refractivity contribution in [3.05, 3.63) is 64.7 Å². The maximum absolute atomic E-state index is 11.0. The second-order valence-electron chi connectivity index (χ2n) is 4.84. The molecule has 0 spiro atoms. The smallest absolute Gasteiger partial charge is 0.221 e. The zero-order chi connectivity index (χ0) is 15.9. The van der Waals surface area contributed by atoms with Crippen LogP contribution in [0.5, 0.6) is 0 Å². The molecule has 0 unspecified atom stereocenters. The monoisotopic (exact) mass is 316 g/mol. The van der Waals surface area contributed by atoms with Crippen LogP contribution < -0.4 is 5.32 Å². The standard InChI is InChI=1S/C17H17ClN2O2/c1-12(15-6-8-17(9-7-15)19-13(2)21)20-22-11-14-4-3-5-16(18)10-14/h3-10H,11H2,1-2H3,(H,19,21)/b20-12+. The van der Waals surface area contributed by atoms with E-state index in [0.29, 0.717) is 11.6 Å². The number of anilines is 1. The highest BCUT2D eigenvalue weighted by Crippen LogP contribution is 2.13. The molecule has 0 saturated carbocycles. The molecule has 0 aromatic heterocycles. The van der Waals surface area contributed by atoms with Crippen molar-refractivity contribution < 1.29 is 9.63 Å². The van der Waals surface area contributed by atoms with Gasteiger partial charge in [-0.3, -0.25) is 4.79 Å². The molecule has 0 aliphatic carbocycles. The summed E-state index contributed by atoms with van der Waals surface area (Å²) in [4.78, 5) is 16.3. The molecule has 5 heteroatoms. The first-order chi connectivity index (χ1) is 10.5. The molecule has 2 rings (SSSR count). The molecule has 1 N–H and O–H groups in total. The zero-order valence-electron chi connectivity index (χ0n) is 12.5. The third-order valence-corrected chi connectivity index (χ3v) is 3.18. The highest BCUT2D eigenvalue weighted by molar-refractivity contribution is 6.30. The number of hydrogen-bond acceptors (Lipinski definition) is 3. The number of halogens is 1. The first-order valence-corrected chi connectivity index (χ1v) is 7.21. The average Bonchev–Trinajstić information content (AvgIpc) is 2.47. The minimum Gasteiger partial charge on any atom is -0.391 e. The predicted molar refractivity (Wildman–Crippen MR) is 89.2 cm³/mol. The van der Waals surface area contributed by atoms with Crippen LogP contribution in [0.25, 0.3) is 0 Å². The molecule has 2 aromatic rings. The topological polar surface area (TPSA) is 50.7 Å². The van der Waals surface area contributed by atoms with Gasteiger partial charge in [-0.1, -0.05) is 41.0 Å². The number of nitrogens with zero attached hydrogens (tertiary/aromatic N) is 1. The largest absolute Gasteiger partial charge is 0.391 e. The van der Waals surface area contributed by atoms with E-state index in [0.717, 1.165) is 22.5 Å². The van der Waals surface area contributed by atoms with Crippen LogP contribution in [0.4, 0.5) is 5.69 Å². The normalized spacial score (nSPS) is 11.1. The highest BCUT2D eigenvalue weighted by Gasteiger charge is 2.00. The molecule has 0 aliphatic heterocycles. The Labute approximate surface area is 134 Å². The summed E-state index contributed by atoms with van der Waals surface area (Å²) in [7, 11) is 0. The van der Waals surface area contributed by atoms with E-state index in [4.69, 9.17) is 16.4 Å². The van der Waals surface area contributed by atoms with Crippen molar-refractivity contribution >= 4 is 28.9 Å². The lowest BCUT2D eigenvalue weighted by atomic mass is 10.1. The summed E-state index contributed by atoms with van der Waals surface area (Å²) < 4.78 is 0. The van der Waals surface area contributed by atoms with E-state index in [2.05, 4.69) is 10.5 Å². The Morgan fingerprint density at radius 3 is 2.55 bits per heavy atom. The fourth-order valence-electron chi connectivity index (χ4n) is 1.88. The molecule has 2 aromatic carbocycles. The maximum Gasteiger partial charge on any atom is 0.221 e. The zero-order valence-corrected chi connectivity index (χ0v) is 13.2. The molecule has 0 fully saturated rings. The Hall–Kier alpha value is -2.33. The summed E-state index contributed by atoms with van der Waals surface area (Å²) >= 11 is 5.91. The molecular formula is C17H17ClN2O2. The fraction of sp³-hybridized carbons (Fsp3) is 0.176. The minimum atomic E-state index is -0.0944. The van der Waals surface area contributed by atoms with E-state index in [1.54, 1.807) is 0 Å². The first kappa shape index (κ1) is 16.0. The van der Waals surface area contributed by atoms with Gasteiger partial charge in [0.25, 0.3) is 0 Å². The van der Waals surface area contributed by atoms with E-state index in [1.807, 2.05) is 55.5 Å². The van der Waals surface area contributed by atoms with Crippen molar-refractivity contribution in [3.8, 4) is 0 Å². The summed E-state index contributed by atoms with van der Waals surface area (Å²) in [5, 5.41) is 7.49. The van der Waals surface area contributed by atoms with E-state index in [-0.39, 0.29) is 5.91 Å². The van der Waals surface area contributed by atoms with E-state index in [9.17, 15) is 4.79 Å². The number of amides is 1. The predicted octanol–water partition coefficient (Wildman–Crippen LogP) is 4.24. The Morgan fingerprint density at radius 1 is 1.18 bits per heavy atom. The Kier molecular flexibility index (Phi) is 5.55. The molecule has 22 heavy (non-hydrogen) atoms. The van der Waals surface area contributed by atoms with Gasteiger partial charge >= 0.3 is 0 Å². The van der Waals surface area contributed by atoms with Crippen LogP contribution in [0.3, 0.4) is 0 Å². The number of nitrogens with one attached hydrogen (secondary N) is 1. The van der Waals surface area contributed by atoms with Gasteiger partial charge in [-0.05, 0) is 42.3 Å². The summed E-state index contributed by atoms with van der Waals surface area (Å²) in [5.74, 6) is -0.0944. The molecule has 0 heterocycles. The molecular weight excluding hydrogens is 300 g/mol. The summed E-state index contributed by atoms with van der Waals surface area (Å²) in [5.41, 5.74) is 3.41. The summed E-state index contributed by atoms with van der Waals surface area (Å²) in [6.45, 7) is 3.71. The van der Waals surface area contributed by atoms with Gasteiger partial charge in [0.05, 0.1) is 5.71 Å². The van der Waals surface area contributed by atoms with Crippen LogP contribution in [-0.2, 0) is 16.2 Å². The summed E-state index contributed by atoms with van der Waals surface area (Å²) in [6.07, 6.45) is 0. The lowest BCUT2D eigenvalue weighted by molar-refractivity contribution is -0.114. The maximum atomic E-state index is 11.0. The van der Waals surface area contributed by atoms with Gasteiger partial charge in [0.2, 0.25) is 5.91 Å². The van der Waals surface area contributed by atoms with Gasteiger partial charge in [-0.25, -0.2) is 0 Å². The number of rotatable bonds is 5. The molecule has 0 radical (unpaired) electrons. The third kappa shape index (κ3) is 4.90. The molecule has 0 aliphatic rings. The highest BCUT2D eigenvalue weighted by atomic mass is 35.5. The van der Waals surface area contributed by atoms with Crippen LogP contribution in [0.2, 0.25) is 5.02 Å². The van der Waals surface area contributed by atoms with E-state index >= 15 is 0 Å². The van der Waals surface area contributed by atoms with Gasteiger partial charge in [-0.15, -0.1) is 0 Å². The van der Waals surface area contributed by atoms with Crippen LogP contribution >= 0.6 is 11.6 Å². The van der Waals surface area contributed by atoms with Gasteiger partial charge in [0.1, 0.15) is 6.61 Å². The number of carbonyl (C=O) groups excluding carboxylic acids is 1. The lowest BCUT2D eigenvalue weighted by Gasteiger charge is -2.05. The molecule has 4 nitrogen and oxygen atoms in total. The Balaban J connectivity index is 1.95. The average molecular weight is 317 g/mol. The second-order valence-corrected chi connectivity index (χ2v) is 5.28.